The van der Waals surface area contributed by atoms with Crippen LogP contribution in [0, 0.1) is 6.92 Å². The largest absolute Gasteiger partial charge is 0.337 e. The van der Waals surface area contributed by atoms with E-state index in [1.165, 1.54) is 11.3 Å². The fourth-order valence-corrected chi connectivity index (χ4v) is 3.37. The van der Waals surface area contributed by atoms with Gasteiger partial charge in [-0.1, -0.05) is 0 Å². The van der Waals surface area contributed by atoms with Crippen molar-refractivity contribution in [1.29, 1.82) is 0 Å². The van der Waals surface area contributed by atoms with Crippen LogP contribution in [0.4, 0.5) is 0 Å². The van der Waals surface area contributed by atoms with E-state index in [-0.39, 0.29) is 5.91 Å². The highest BCUT2D eigenvalue weighted by Crippen LogP contribution is 2.27. The van der Waals surface area contributed by atoms with E-state index in [9.17, 15) is 4.79 Å². The lowest BCUT2D eigenvalue weighted by Crippen LogP contribution is -2.38. The molecule has 0 radical (unpaired) electrons. The second kappa shape index (κ2) is 5.93. The van der Waals surface area contributed by atoms with Gasteiger partial charge >= 0.3 is 0 Å². The first kappa shape index (κ1) is 14.2. The number of nitrogens with zero attached hydrogens (tertiary/aromatic N) is 5. The van der Waals surface area contributed by atoms with Crippen molar-refractivity contribution in [2.24, 2.45) is 0 Å². The van der Waals surface area contributed by atoms with Gasteiger partial charge in [0.15, 0.2) is 0 Å². The van der Waals surface area contributed by atoms with Gasteiger partial charge in [-0.3, -0.25) is 4.79 Å². The molecule has 112 valence electrons. The molecule has 2 aromatic heterocycles. The van der Waals surface area contributed by atoms with Crippen molar-refractivity contribution in [3.8, 4) is 0 Å². The van der Waals surface area contributed by atoms with E-state index in [0.717, 1.165) is 43.3 Å². The summed E-state index contributed by atoms with van der Waals surface area (Å²) >= 11 is 1.52. The number of aryl methyl sites for hydroxylation is 2. The van der Waals surface area contributed by atoms with Crippen LogP contribution in [0.5, 0.6) is 0 Å². The Balaban J connectivity index is 1.64. The van der Waals surface area contributed by atoms with Crippen LogP contribution in [0.25, 0.3) is 0 Å². The van der Waals surface area contributed by atoms with Crippen LogP contribution in [0.1, 0.15) is 47.0 Å². The van der Waals surface area contributed by atoms with Crippen molar-refractivity contribution in [3.05, 3.63) is 28.2 Å². The molecule has 0 atom stereocenters. The predicted molar refractivity (Wildman–Crippen MR) is 80.4 cm³/mol. The van der Waals surface area contributed by atoms with E-state index < -0.39 is 0 Å². The molecule has 1 fully saturated rings. The van der Waals surface area contributed by atoms with Gasteiger partial charge in [-0.2, -0.15) is 0 Å². The normalized spacial score (nSPS) is 16.4. The molecule has 0 spiro atoms. The van der Waals surface area contributed by atoms with Crippen LogP contribution >= 0.6 is 11.3 Å². The Hall–Kier alpha value is -1.76. The number of piperidine rings is 1. The Morgan fingerprint density at radius 1 is 1.43 bits per heavy atom. The zero-order valence-corrected chi connectivity index (χ0v) is 13.1. The van der Waals surface area contributed by atoms with Gasteiger partial charge in [0.05, 0.1) is 5.01 Å². The van der Waals surface area contributed by atoms with Crippen molar-refractivity contribution in [2.45, 2.75) is 39.2 Å². The average molecular weight is 305 g/mol. The van der Waals surface area contributed by atoms with Gasteiger partial charge in [-0.15, -0.1) is 21.5 Å². The molecule has 0 saturated carbocycles. The summed E-state index contributed by atoms with van der Waals surface area (Å²) in [5, 5.41) is 11.0. The Morgan fingerprint density at radius 2 is 2.19 bits per heavy atom. The van der Waals surface area contributed by atoms with Crippen LogP contribution in [-0.2, 0) is 6.54 Å². The molecule has 1 aliphatic rings. The maximum Gasteiger partial charge on any atom is 0.273 e. The third-order valence-electron chi connectivity index (χ3n) is 3.97. The Bertz CT molecular complexity index is 627. The monoisotopic (exact) mass is 305 g/mol. The molecule has 21 heavy (non-hydrogen) atoms. The van der Waals surface area contributed by atoms with Crippen molar-refractivity contribution < 1.29 is 4.79 Å². The summed E-state index contributed by atoms with van der Waals surface area (Å²) in [5.74, 6) is 1.50. The molecule has 1 aliphatic heterocycles. The molecule has 0 aliphatic carbocycles. The van der Waals surface area contributed by atoms with Gasteiger partial charge in [0, 0.05) is 30.9 Å². The van der Waals surface area contributed by atoms with E-state index in [4.69, 9.17) is 0 Å². The van der Waals surface area contributed by atoms with Gasteiger partial charge < -0.3 is 9.47 Å². The maximum absolute atomic E-state index is 12.4. The SMILES string of the molecule is CCn1cnnc1C1CCN(C(=O)c2csc(C)n2)CC1. The standard InChI is InChI=1S/C14H19N5OS/c1-3-18-9-15-17-13(18)11-4-6-19(7-5-11)14(20)12-8-21-10(2)16-12/h8-9,11H,3-7H2,1-2H3. The van der Waals surface area contributed by atoms with Crippen LogP contribution in [0.2, 0.25) is 0 Å². The summed E-state index contributed by atoms with van der Waals surface area (Å²) in [6.45, 7) is 6.42. The molecule has 3 heterocycles. The molecule has 2 aromatic rings. The van der Waals surface area contributed by atoms with Crippen molar-refractivity contribution in [1.82, 2.24) is 24.6 Å². The molecular formula is C14H19N5OS. The Morgan fingerprint density at radius 3 is 2.81 bits per heavy atom. The smallest absolute Gasteiger partial charge is 0.273 e. The van der Waals surface area contributed by atoms with Gasteiger partial charge in [0.25, 0.3) is 5.91 Å². The summed E-state index contributed by atoms with van der Waals surface area (Å²) in [6.07, 6.45) is 3.66. The van der Waals surface area contributed by atoms with Crippen molar-refractivity contribution >= 4 is 17.2 Å². The topological polar surface area (TPSA) is 63.9 Å². The number of aromatic nitrogens is 4. The second-order valence-corrected chi connectivity index (χ2v) is 6.36. The van der Waals surface area contributed by atoms with Crippen molar-refractivity contribution in [3.63, 3.8) is 0 Å². The number of rotatable bonds is 3. The molecule has 0 unspecified atom stereocenters. The molecular weight excluding hydrogens is 286 g/mol. The average Bonchev–Trinajstić information content (AvgIpc) is 3.15. The zero-order chi connectivity index (χ0) is 14.8. The first-order chi connectivity index (χ1) is 10.2. The molecule has 0 aromatic carbocycles. The van der Waals surface area contributed by atoms with Crippen LogP contribution in [0.3, 0.4) is 0 Å². The minimum atomic E-state index is 0.0507. The summed E-state index contributed by atoms with van der Waals surface area (Å²) in [7, 11) is 0. The molecule has 7 heteroatoms. The number of amides is 1. The fraction of sp³-hybridized carbons (Fsp3) is 0.571. The zero-order valence-electron chi connectivity index (χ0n) is 12.3. The first-order valence-electron chi connectivity index (χ1n) is 7.28. The highest BCUT2D eigenvalue weighted by Gasteiger charge is 2.27. The number of carbonyl (C=O) groups is 1. The molecule has 1 saturated heterocycles. The Kier molecular flexibility index (Phi) is 4.01. The van der Waals surface area contributed by atoms with Crippen molar-refractivity contribution in [2.75, 3.05) is 13.1 Å². The van der Waals surface area contributed by atoms with Gasteiger partial charge in [0.2, 0.25) is 0 Å². The van der Waals surface area contributed by atoms with E-state index >= 15 is 0 Å². The van der Waals surface area contributed by atoms with E-state index in [1.54, 1.807) is 6.33 Å². The highest BCUT2D eigenvalue weighted by molar-refractivity contribution is 7.09. The van der Waals surface area contributed by atoms with E-state index in [1.807, 2.05) is 17.2 Å². The predicted octanol–water partition coefficient (Wildman–Crippen LogP) is 2.08. The van der Waals surface area contributed by atoms with Crippen LogP contribution in [-0.4, -0.2) is 43.6 Å². The second-order valence-electron chi connectivity index (χ2n) is 5.29. The maximum atomic E-state index is 12.4. The Labute approximate surface area is 127 Å². The third kappa shape index (κ3) is 2.83. The van der Waals surface area contributed by atoms with Gasteiger partial charge in [-0.05, 0) is 26.7 Å². The number of hydrogen-bond acceptors (Lipinski definition) is 5. The fourth-order valence-electron chi connectivity index (χ4n) is 2.79. The number of hydrogen-bond donors (Lipinski definition) is 0. The summed E-state index contributed by atoms with van der Waals surface area (Å²) in [4.78, 5) is 18.5. The highest BCUT2D eigenvalue weighted by atomic mass is 32.1. The summed E-state index contributed by atoms with van der Waals surface area (Å²) < 4.78 is 2.09. The lowest BCUT2D eigenvalue weighted by atomic mass is 9.95. The lowest BCUT2D eigenvalue weighted by molar-refractivity contribution is 0.0705. The van der Waals surface area contributed by atoms with E-state index in [2.05, 4.69) is 26.7 Å². The van der Waals surface area contributed by atoms with E-state index in [0.29, 0.717) is 11.6 Å². The molecule has 0 N–H and O–H groups in total. The van der Waals surface area contributed by atoms with Crippen LogP contribution in [0.15, 0.2) is 11.7 Å². The first-order valence-corrected chi connectivity index (χ1v) is 8.16. The number of likely N-dealkylation sites (tertiary alicyclic amines) is 1. The van der Waals surface area contributed by atoms with Gasteiger partial charge in [-0.25, -0.2) is 4.98 Å². The summed E-state index contributed by atoms with van der Waals surface area (Å²) in [6, 6.07) is 0. The lowest BCUT2D eigenvalue weighted by Gasteiger charge is -2.31. The summed E-state index contributed by atoms with van der Waals surface area (Å²) in [5.41, 5.74) is 0.577. The number of carbonyl (C=O) groups excluding carboxylic acids is 1. The molecule has 6 nitrogen and oxygen atoms in total. The molecule has 0 bridgehead atoms. The minimum Gasteiger partial charge on any atom is -0.337 e. The number of thiazole rings is 1. The molecule has 3 rings (SSSR count). The quantitative estimate of drug-likeness (QED) is 0.871. The van der Waals surface area contributed by atoms with Gasteiger partial charge in [0.1, 0.15) is 17.8 Å². The third-order valence-corrected chi connectivity index (χ3v) is 4.75. The molecule has 1 amide bonds. The minimum absolute atomic E-state index is 0.0507. The van der Waals surface area contributed by atoms with Crippen LogP contribution < -0.4 is 0 Å².